The number of Topliss-reactive ketones (excluding diaryl/α,β-unsaturated/α-hetero) is 1. The Morgan fingerprint density at radius 1 is 0.923 bits per heavy atom. The van der Waals surface area contributed by atoms with Crippen LogP contribution in [-0.4, -0.2) is 70.7 Å². The van der Waals surface area contributed by atoms with E-state index < -0.39 is 94.8 Å². The minimum atomic E-state index is -3.37. The van der Waals surface area contributed by atoms with Gasteiger partial charge >= 0.3 is 30.0 Å². The fraction of sp³-hybridized carbons (Fsp3) is 0.744. The van der Waals surface area contributed by atoms with Crippen LogP contribution in [0.1, 0.15) is 126 Å². The highest BCUT2D eigenvalue weighted by atomic mass is 19.1. The molecule has 8 atom stereocenters. The Bertz CT molecular complexity index is 1460. The van der Waals surface area contributed by atoms with Gasteiger partial charge in [-0.05, 0) is 63.5 Å². The van der Waals surface area contributed by atoms with Crippen LogP contribution in [0.3, 0.4) is 0 Å². The Hall–Kier alpha value is -3.45. The molecule has 52 heavy (non-hydrogen) atoms. The van der Waals surface area contributed by atoms with Crippen molar-refractivity contribution in [3.8, 4) is 0 Å². The number of ether oxygens (including phenoxy) is 5. The molecule has 3 fully saturated rings. The van der Waals surface area contributed by atoms with Gasteiger partial charge in [0.05, 0.1) is 0 Å². The summed E-state index contributed by atoms with van der Waals surface area (Å²) in [4.78, 5) is 78.3. The number of aliphatic hydroxyl groups is 1. The lowest BCUT2D eigenvalue weighted by Gasteiger charge is -2.63. The summed E-state index contributed by atoms with van der Waals surface area (Å²) in [7, 11) is 0. The topological polar surface area (TPSA) is 169 Å². The van der Waals surface area contributed by atoms with Crippen molar-refractivity contribution in [2.45, 2.75) is 149 Å². The zero-order valence-electron chi connectivity index (χ0n) is 31.5. The molecule has 4 aliphatic rings. The lowest BCUT2D eigenvalue weighted by atomic mass is 9.44. The normalized spacial score (nSPS) is 33.6. The molecule has 4 rings (SSSR count). The van der Waals surface area contributed by atoms with Crippen LogP contribution in [0.4, 0.5) is 4.39 Å². The van der Waals surface area contributed by atoms with Crippen LogP contribution in [0, 0.1) is 28.6 Å². The van der Waals surface area contributed by atoms with E-state index in [1.54, 1.807) is 34.6 Å². The highest BCUT2D eigenvalue weighted by molar-refractivity contribution is 6.01. The summed E-state index contributed by atoms with van der Waals surface area (Å²) in [6.07, 6.45) is 0.952. The maximum Gasteiger partial charge on any atom is 0.512 e. The SMILES string of the molecule is CCCCC(=O)OC(O)(OC(=O)CCCC)O[C@H]1C[C@@]2(C)[C@@H](C[C@H](C)[C@]2(OC(=O)CC)C(=O)COC(=O)CC)[C@@H]2CCC3=CC(=O)C=C[C@]3(C)C12F. The highest BCUT2D eigenvalue weighted by Crippen LogP contribution is 2.72. The third-order valence-electron chi connectivity index (χ3n) is 12.0. The van der Waals surface area contributed by atoms with Crippen molar-refractivity contribution >= 4 is 35.4 Å². The van der Waals surface area contributed by atoms with E-state index in [1.807, 2.05) is 13.8 Å². The van der Waals surface area contributed by atoms with E-state index in [-0.39, 0.29) is 44.3 Å². The van der Waals surface area contributed by atoms with Crippen molar-refractivity contribution in [2.75, 3.05) is 6.61 Å². The van der Waals surface area contributed by atoms with Crippen LogP contribution < -0.4 is 0 Å². The standard InChI is InChI=1S/C39H55FO12/c1-8-12-14-33(45)51-39(47,52-34(46)15-13-9-2)49-30-22-36(7)28(27-17-16-25-21-26(41)18-19-35(25,6)37(27,30)40)20-24(5)38(36,50-32(44)11-4)29(42)23-48-31(43)10-3/h18-19,21,24,27-28,30,47H,8-17,20,22-23H2,1-7H3/t24-,27-,28-,30-,35-,36-,37?,38-/m0/s1. The average Bonchev–Trinajstić information content (AvgIpc) is 3.31. The van der Waals surface area contributed by atoms with Gasteiger partial charge in [0.2, 0.25) is 5.78 Å². The summed E-state index contributed by atoms with van der Waals surface area (Å²) in [5.74, 6) is -6.47. The van der Waals surface area contributed by atoms with E-state index in [1.165, 1.54) is 18.2 Å². The summed E-state index contributed by atoms with van der Waals surface area (Å²) in [5, 5.41) is 11.8. The van der Waals surface area contributed by atoms with Gasteiger partial charge in [0.15, 0.2) is 23.7 Å². The maximum absolute atomic E-state index is 19.0. The summed E-state index contributed by atoms with van der Waals surface area (Å²) >= 11 is 0. The first kappa shape index (κ1) is 41.3. The molecule has 1 N–H and O–H groups in total. The second-order valence-corrected chi connectivity index (χ2v) is 15.2. The lowest BCUT2D eigenvalue weighted by Crippen LogP contribution is -2.71. The Morgan fingerprint density at radius 2 is 1.52 bits per heavy atom. The number of fused-ring (bicyclic) bond motifs is 5. The molecule has 0 aromatic rings. The Morgan fingerprint density at radius 3 is 2.08 bits per heavy atom. The summed E-state index contributed by atoms with van der Waals surface area (Å²) < 4.78 is 47.2. The molecule has 0 radical (unpaired) electrons. The Balaban J connectivity index is 1.92. The van der Waals surface area contributed by atoms with Gasteiger partial charge in [0.1, 0.15) is 6.10 Å². The van der Waals surface area contributed by atoms with Gasteiger partial charge in [0.25, 0.3) is 0 Å². The molecule has 4 aliphatic carbocycles. The second kappa shape index (κ2) is 15.9. The molecule has 1 unspecified atom stereocenters. The molecule has 0 amide bonds. The van der Waals surface area contributed by atoms with Crippen LogP contribution in [0.15, 0.2) is 23.8 Å². The number of alkyl halides is 1. The van der Waals surface area contributed by atoms with Gasteiger partial charge in [-0.2, -0.15) is 0 Å². The van der Waals surface area contributed by atoms with Crippen molar-refractivity contribution in [1.82, 2.24) is 0 Å². The van der Waals surface area contributed by atoms with Gasteiger partial charge in [-0.25, -0.2) is 4.39 Å². The van der Waals surface area contributed by atoms with E-state index in [9.17, 15) is 33.9 Å². The van der Waals surface area contributed by atoms with Crippen molar-refractivity contribution in [3.63, 3.8) is 0 Å². The van der Waals surface area contributed by atoms with E-state index >= 15 is 4.39 Å². The number of ketones is 2. The summed E-state index contributed by atoms with van der Waals surface area (Å²) in [6, 6.07) is 0. The number of carbonyl (C=O) groups excluding carboxylic acids is 6. The smallest absolute Gasteiger partial charge is 0.457 e. The van der Waals surface area contributed by atoms with Crippen LogP contribution in [-0.2, 0) is 52.5 Å². The minimum Gasteiger partial charge on any atom is -0.457 e. The molecule has 3 saturated carbocycles. The molecular weight excluding hydrogens is 679 g/mol. The molecule has 0 saturated heterocycles. The largest absolute Gasteiger partial charge is 0.512 e. The average molecular weight is 735 g/mol. The zero-order chi connectivity index (χ0) is 38.7. The van der Waals surface area contributed by atoms with E-state index in [0.717, 1.165) is 0 Å². The summed E-state index contributed by atoms with van der Waals surface area (Å²) in [5.41, 5.74) is -6.75. The van der Waals surface area contributed by atoms with E-state index in [0.29, 0.717) is 37.7 Å². The first-order valence-electron chi connectivity index (χ1n) is 18.8. The lowest BCUT2D eigenvalue weighted by molar-refractivity contribution is -0.476. The minimum absolute atomic E-state index is 0.00379. The van der Waals surface area contributed by atoms with Crippen molar-refractivity contribution in [3.05, 3.63) is 23.8 Å². The van der Waals surface area contributed by atoms with Gasteiger partial charge in [0, 0.05) is 48.3 Å². The molecule has 290 valence electrons. The molecule has 12 nitrogen and oxygen atoms in total. The monoisotopic (exact) mass is 734 g/mol. The van der Waals surface area contributed by atoms with Crippen molar-refractivity contribution < 1.29 is 61.9 Å². The number of carbonyl (C=O) groups is 6. The number of hydrogen-bond acceptors (Lipinski definition) is 12. The molecule has 0 bridgehead atoms. The maximum atomic E-state index is 19.0. The zero-order valence-corrected chi connectivity index (χ0v) is 31.5. The van der Waals surface area contributed by atoms with E-state index in [4.69, 9.17) is 23.7 Å². The number of unbranched alkanes of at least 4 members (excludes halogenated alkanes) is 2. The first-order valence-corrected chi connectivity index (χ1v) is 18.8. The molecule has 0 aromatic carbocycles. The van der Waals surface area contributed by atoms with Crippen LogP contribution in [0.5, 0.6) is 0 Å². The summed E-state index contributed by atoms with van der Waals surface area (Å²) in [6.45, 7) is 11.2. The van der Waals surface area contributed by atoms with Crippen molar-refractivity contribution in [2.24, 2.45) is 28.6 Å². The molecule has 0 heterocycles. The third kappa shape index (κ3) is 7.23. The molecule has 13 heteroatoms. The van der Waals surface area contributed by atoms with Gasteiger partial charge in [-0.15, -0.1) is 0 Å². The number of allylic oxidation sites excluding steroid dienone is 4. The predicted molar refractivity (Wildman–Crippen MR) is 183 cm³/mol. The number of halogens is 1. The first-order chi connectivity index (χ1) is 24.4. The fourth-order valence-corrected chi connectivity index (χ4v) is 9.38. The Kier molecular flexibility index (Phi) is 12.6. The van der Waals surface area contributed by atoms with Gasteiger partial charge in [-0.3, -0.25) is 38.6 Å². The van der Waals surface area contributed by atoms with E-state index in [2.05, 4.69) is 0 Å². The molecule has 0 spiro atoms. The third-order valence-corrected chi connectivity index (χ3v) is 12.0. The number of rotatable bonds is 16. The highest BCUT2D eigenvalue weighted by Gasteiger charge is 2.78. The molecule has 0 aromatic heterocycles. The predicted octanol–water partition coefficient (Wildman–Crippen LogP) is 5.91. The van der Waals surface area contributed by atoms with Crippen LogP contribution in [0.25, 0.3) is 0 Å². The van der Waals surface area contributed by atoms with Gasteiger partial charge in [-0.1, -0.05) is 66.0 Å². The van der Waals surface area contributed by atoms with Gasteiger partial charge < -0.3 is 18.9 Å². The fourth-order valence-electron chi connectivity index (χ4n) is 9.38. The van der Waals surface area contributed by atoms with Crippen molar-refractivity contribution in [1.29, 1.82) is 0 Å². The quantitative estimate of drug-likeness (QED) is 0.113. The van der Waals surface area contributed by atoms with Crippen LogP contribution >= 0.6 is 0 Å². The molecular formula is C39H55FO12. The van der Waals surface area contributed by atoms with Crippen LogP contribution in [0.2, 0.25) is 0 Å². The second-order valence-electron chi connectivity index (χ2n) is 15.2. The number of hydrogen-bond donors (Lipinski definition) is 1. The molecule has 0 aliphatic heterocycles. The Labute approximate surface area is 305 Å². The number of esters is 4.